The lowest BCUT2D eigenvalue weighted by Crippen LogP contribution is -2.39. The molecule has 14 heavy (non-hydrogen) atoms. The Morgan fingerprint density at radius 3 is 2.93 bits per heavy atom. The molecule has 0 aromatic rings. The summed E-state index contributed by atoms with van der Waals surface area (Å²) in [6.45, 7) is 4.61. The molecule has 0 bridgehead atoms. The first-order valence-corrected chi connectivity index (χ1v) is 5.18. The van der Waals surface area contributed by atoms with E-state index in [1.54, 1.807) is 0 Å². The van der Waals surface area contributed by atoms with Crippen LogP contribution in [0.15, 0.2) is 0 Å². The lowest BCUT2D eigenvalue weighted by Gasteiger charge is -2.18. The molecule has 0 spiro atoms. The van der Waals surface area contributed by atoms with Crippen LogP contribution in [0.5, 0.6) is 0 Å². The molecule has 4 nitrogen and oxygen atoms in total. The minimum absolute atomic E-state index is 0.0175. The van der Waals surface area contributed by atoms with Gasteiger partial charge in [-0.2, -0.15) is 0 Å². The third-order valence-corrected chi connectivity index (χ3v) is 2.66. The van der Waals surface area contributed by atoms with E-state index in [1.165, 1.54) is 0 Å². The van der Waals surface area contributed by atoms with Crippen molar-refractivity contribution in [3.8, 4) is 0 Å². The van der Waals surface area contributed by atoms with Crippen LogP contribution in [0.25, 0.3) is 0 Å². The van der Waals surface area contributed by atoms with Crippen LogP contribution in [0, 0.1) is 5.92 Å². The predicted octanol–water partition coefficient (Wildman–Crippen LogP) is 0.298. The third-order valence-electron chi connectivity index (χ3n) is 2.66. The van der Waals surface area contributed by atoms with E-state index in [0.29, 0.717) is 13.0 Å². The lowest BCUT2D eigenvalue weighted by atomic mass is 10.0. The van der Waals surface area contributed by atoms with Gasteiger partial charge in [-0.05, 0) is 26.7 Å². The monoisotopic (exact) mass is 201 g/mol. The van der Waals surface area contributed by atoms with E-state index in [1.807, 2.05) is 13.8 Å². The highest BCUT2D eigenvalue weighted by Gasteiger charge is 2.30. The smallest absolute Gasteiger partial charge is 0.226 e. The number of aliphatic hydroxyl groups is 1. The molecule has 0 aromatic carbocycles. The third kappa shape index (κ3) is 2.96. The molecular formula is C10H19NO3. The minimum atomic E-state index is -0.0175. The van der Waals surface area contributed by atoms with Crippen LogP contribution in [0.1, 0.15) is 26.7 Å². The summed E-state index contributed by atoms with van der Waals surface area (Å²) in [6.07, 6.45) is 1.43. The van der Waals surface area contributed by atoms with E-state index in [9.17, 15) is 4.79 Å². The molecule has 1 fully saturated rings. The van der Waals surface area contributed by atoms with Crippen molar-refractivity contribution in [1.82, 2.24) is 5.32 Å². The highest BCUT2D eigenvalue weighted by Crippen LogP contribution is 2.20. The first kappa shape index (κ1) is 11.5. The molecule has 3 unspecified atom stereocenters. The standard InChI is InChI=1S/C10H19NO3/c1-7(3-5-12)11-10(13)9-4-6-14-8(9)2/h7-9,12H,3-6H2,1-2H3,(H,11,13). The Hall–Kier alpha value is -0.610. The van der Waals surface area contributed by atoms with Gasteiger partial charge < -0.3 is 15.2 Å². The fourth-order valence-corrected chi connectivity index (χ4v) is 1.69. The summed E-state index contributed by atoms with van der Waals surface area (Å²) in [7, 11) is 0. The summed E-state index contributed by atoms with van der Waals surface area (Å²) in [4.78, 5) is 11.7. The highest BCUT2D eigenvalue weighted by molar-refractivity contribution is 5.79. The molecule has 1 heterocycles. The molecule has 82 valence electrons. The van der Waals surface area contributed by atoms with Crippen molar-refractivity contribution in [2.24, 2.45) is 5.92 Å². The number of carbonyl (C=O) groups is 1. The van der Waals surface area contributed by atoms with Crippen molar-refractivity contribution in [1.29, 1.82) is 0 Å². The number of nitrogens with one attached hydrogen (secondary N) is 1. The Morgan fingerprint density at radius 1 is 1.71 bits per heavy atom. The van der Waals surface area contributed by atoms with Gasteiger partial charge in [-0.25, -0.2) is 0 Å². The number of aliphatic hydroxyl groups excluding tert-OH is 1. The zero-order valence-corrected chi connectivity index (χ0v) is 8.82. The molecule has 3 atom stereocenters. The van der Waals surface area contributed by atoms with Gasteiger partial charge in [-0.3, -0.25) is 4.79 Å². The van der Waals surface area contributed by atoms with Gasteiger partial charge in [0.05, 0.1) is 12.0 Å². The second kappa shape index (κ2) is 5.32. The fraction of sp³-hybridized carbons (Fsp3) is 0.900. The number of rotatable bonds is 4. The number of amides is 1. The molecule has 0 aliphatic carbocycles. The van der Waals surface area contributed by atoms with Crippen molar-refractivity contribution >= 4 is 5.91 Å². The van der Waals surface area contributed by atoms with E-state index < -0.39 is 0 Å². The summed E-state index contributed by atoms with van der Waals surface area (Å²) in [5.74, 6) is 0.0343. The van der Waals surface area contributed by atoms with Crippen LogP contribution >= 0.6 is 0 Å². The second-order valence-electron chi connectivity index (χ2n) is 3.89. The summed E-state index contributed by atoms with van der Waals surface area (Å²) < 4.78 is 5.32. The zero-order chi connectivity index (χ0) is 10.6. The Bertz CT molecular complexity index is 196. The minimum Gasteiger partial charge on any atom is -0.396 e. The average Bonchev–Trinajstić information content (AvgIpc) is 2.51. The van der Waals surface area contributed by atoms with Crippen molar-refractivity contribution in [2.75, 3.05) is 13.2 Å². The number of hydrogen-bond acceptors (Lipinski definition) is 3. The van der Waals surface area contributed by atoms with E-state index in [0.717, 1.165) is 6.42 Å². The van der Waals surface area contributed by atoms with Crippen molar-refractivity contribution in [3.05, 3.63) is 0 Å². The predicted molar refractivity (Wildman–Crippen MR) is 52.8 cm³/mol. The Labute approximate surface area is 84.6 Å². The first-order chi connectivity index (χ1) is 6.65. The van der Waals surface area contributed by atoms with Crippen LogP contribution in [-0.2, 0) is 9.53 Å². The van der Waals surface area contributed by atoms with Crippen LogP contribution < -0.4 is 5.32 Å². The highest BCUT2D eigenvalue weighted by atomic mass is 16.5. The summed E-state index contributed by atoms with van der Waals surface area (Å²) in [6, 6.07) is 0.0419. The molecular weight excluding hydrogens is 182 g/mol. The maximum atomic E-state index is 11.7. The number of hydrogen-bond donors (Lipinski definition) is 2. The molecule has 0 radical (unpaired) electrons. The SMILES string of the molecule is CC(CCO)NC(=O)C1CCOC1C. The summed E-state index contributed by atoms with van der Waals surface area (Å²) >= 11 is 0. The molecule has 2 N–H and O–H groups in total. The number of ether oxygens (including phenoxy) is 1. The van der Waals surface area contributed by atoms with Crippen molar-refractivity contribution < 1.29 is 14.6 Å². The molecule has 1 saturated heterocycles. The topological polar surface area (TPSA) is 58.6 Å². The molecule has 4 heteroatoms. The van der Waals surface area contributed by atoms with E-state index in [-0.39, 0.29) is 30.6 Å². The second-order valence-corrected chi connectivity index (χ2v) is 3.89. The van der Waals surface area contributed by atoms with E-state index >= 15 is 0 Å². The van der Waals surface area contributed by atoms with Crippen LogP contribution in [0.4, 0.5) is 0 Å². The normalized spacial score (nSPS) is 28.8. The quantitative estimate of drug-likeness (QED) is 0.687. The molecule has 0 saturated carbocycles. The average molecular weight is 201 g/mol. The maximum Gasteiger partial charge on any atom is 0.226 e. The van der Waals surface area contributed by atoms with E-state index in [2.05, 4.69) is 5.32 Å². The van der Waals surface area contributed by atoms with Crippen LogP contribution in [0.2, 0.25) is 0 Å². The van der Waals surface area contributed by atoms with Gasteiger partial charge in [-0.1, -0.05) is 0 Å². The van der Waals surface area contributed by atoms with Gasteiger partial charge in [0.1, 0.15) is 0 Å². The summed E-state index contributed by atoms with van der Waals surface area (Å²) in [5.41, 5.74) is 0. The fourth-order valence-electron chi connectivity index (χ4n) is 1.69. The largest absolute Gasteiger partial charge is 0.396 e. The Balaban J connectivity index is 2.33. The molecule has 0 aromatic heterocycles. The Kier molecular flexibility index (Phi) is 4.35. The summed E-state index contributed by atoms with van der Waals surface area (Å²) in [5, 5.41) is 11.6. The Morgan fingerprint density at radius 2 is 2.43 bits per heavy atom. The van der Waals surface area contributed by atoms with Gasteiger partial charge >= 0.3 is 0 Å². The van der Waals surface area contributed by atoms with Gasteiger partial charge in [0, 0.05) is 19.3 Å². The van der Waals surface area contributed by atoms with Crippen molar-refractivity contribution in [3.63, 3.8) is 0 Å². The lowest BCUT2D eigenvalue weighted by molar-refractivity contribution is -0.127. The number of carbonyl (C=O) groups excluding carboxylic acids is 1. The van der Waals surface area contributed by atoms with Crippen molar-refractivity contribution in [2.45, 2.75) is 38.8 Å². The van der Waals surface area contributed by atoms with E-state index in [4.69, 9.17) is 9.84 Å². The van der Waals surface area contributed by atoms with Crippen LogP contribution in [-0.4, -0.2) is 36.4 Å². The molecule has 1 aliphatic rings. The van der Waals surface area contributed by atoms with Gasteiger partial charge in [0.15, 0.2) is 0 Å². The maximum absolute atomic E-state index is 11.7. The molecule has 1 rings (SSSR count). The first-order valence-electron chi connectivity index (χ1n) is 5.18. The van der Waals surface area contributed by atoms with Gasteiger partial charge in [0.2, 0.25) is 5.91 Å². The molecule has 1 aliphatic heterocycles. The van der Waals surface area contributed by atoms with Crippen LogP contribution in [0.3, 0.4) is 0 Å². The zero-order valence-electron chi connectivity index (χ0n) is 8.82. The van der Waals surface area contributed by atoms with Gasteiger partial charge in [-0.15, -0.1) is 0 Å². The molecule has 1 amide bonds. The van der Waals surface area contributed by atoms with Gasteiger partial charge in [0.25, 0.3) is 0 Å².